The first-order valence-corrected chi connectivity index (χ1v) is 6.95. The minimum Gasteiger partial charge on any atom is -0.409 e. The van der Waals surface area contributed by atoms with Crippen LogP contribution in [0, 0.1) is 0 Å². The third-order valence-corrected chi connectivity index (χ3v) is 3.52. The van der Waals surface area contributed by atoms with Gasteiger partial charge in [-0.3, -0.25) is 4.98 Å². The Kier molecular flexibility index (Phi) is 5.00. The molecule has 0 bridgehead atoms. The summed E-state index contributed by atoms with van der Waals surface area (Å²) in [6.07, 6.45) is 3.51. The Morgan fingerprint density at radius 3 is 2.67 bits per heavy atom. The van der Waals surface area contributed by atoms with Crippen molar-refractivity contribution in [3.8, 4) is 0 Å². The minimum atomic E-state index is 0.00350. The number of nitrogens with zero attached hydrogens (tertiary/aromatic N) is 3. The molecule has 0 aliphatic heterocycles. The highest BCUT2D eigenvalue weighted by Gasteiger charge is 2.16. The molecule has 0 unspecified atom stereocenters. The van der Waals surface area contributed by atoms with Gasteiger partial charge in [0.15, 0.2) is 5.84 Å². The van der Waals surface area contributed by atoms with Gasteiger partial charge in [0.05, 0.1) is 10.6 Å². The Hall–Kier alpha value is -2.27. The molecular weight excluding hydrogens is 288 g/mol. The van der Waals surface area contributed by atoms with Crippen LogP contribution in [0.3, 0.4) is 0 Å². The molecule has 0 atom stereocenters. The average molecular weight is 305 g/mol. The molecule has 1 heterocycles. The number of pyridine rings is 1. The van der Waals surface area contributed by atoms with Crippen molar-refractivity contribution in [3.05, 3.63) is 58.9 Å². The molecule has 2 aromatic rings. The van der Waals surface area contributed by atoms with E-state index in [9.17, 15) is 0 Å². The Morgan fingerprint density at radius 2 is 2.05 bits per heavy atom. The second-order valence-electron chi connectivity index (χ2n) is 4.49. The summed E-state index contributed by atoms with van der Waals surface area (Å²) in [7, 11) is 0. The number of oxime groups is 1. The van der Waals surface area contributed by atoms with E-state index in [1.165, 1.54) is 0 Å². The third-order valence-electron chi connectivity index (χ3n) is 3.20. The van der Waals surface area contributed by atoms with Crippen molar-refractivity contribution in [1.29, 1.82) is 0 Å². The van der Waals surface area contributed by atoms with E-state index in [2.05, 4.69) is 15.0 Å². The van der Waals surface area contributed by atoms with Crippen LogP contribution in [-0.4, -0.2) is 22.6 Å². The number of amidine groups is 1. The number of hydrogen-bond acceptors (Lipinski definition) is 4. The fourth-order valence-electron chi connectivity index (χ4n) is 2.16. The second-order valence-corrected chi connectivity index (χ2v) is 4.90. The maximum atomic E-state index is 8.96. The monoisotopic (exact) mass is 304 g/mol. The van der Waals surface area contributed by atoms with Crippen molar-refractivity contribution in [2.24, 2.45) is 10.9 Å². The summed E-state index contributed by atoms with van der Waals surface area (Å²) in [6.45, 7) is 3.48. The molecule has 0 aliphatic rings. The van der Waals surface area contributed by atoms with Gasteiger partial charge < -0.3 is 15.8 Å². The normalized spacial score (nSPS) is 11.4. The van der Waals surface area contributed by atoms with Crippen LogP contribution in [-0.2, 0) is 6.54 Å². The summed E-state index contributed by atoms with van der Waals surface area (Å²) in [5.74, 6) is 0.00350. The minimum absolute atomic E-state index is 0.00350. The van der Waals surface area contributed by atoms with Gasteiger partial charge in [-0.2, -0.15) is 0 Å². The average Bonchev–Trinajstić information content (AvgIpc) is 2.52. The van der Waals surface area contributed by atoms with E-state index in [0.29, 0.717) is 17.1 Å². The van der Waals surface area contributed by atoms with E-state index >= 15 is 0 Å². The zero-order valence-corrected chi connectivity index (χ0v) is 12.5. The lowest BCUT2D eigenvalue weighted by atomic mass is 10.1. The maximum absolute atomic E-state index is 8.96. The van der Waals surface area contributed by atoms with Gasteiger partial charge in [-0.05, 0) is 36.8 Å². The van der Waals surface area contributed by atoms with E-state index < -0.39 is 0 Å². The second kappa shape index (κ2) is 6.95. The molecule has 1 aromatic heterocycles. The standard InChI is InChI=1S/C15H17ClN4O/c1-2-20(10-11-6-8-18-9-7-11)13-5-3-4-12(16)14(13)15(17)19-21/h3-9,21H,2,10H2,1H3,(H2,17,19). The van der Waals surface area contributed by atoms with Crippen LogP contribution < -0.4 is 10.6 Å². The van der Waals surface area contributed by atoms with Crippen LogP contribution in [0.15, 0.2) is 47.9 Å². The number of aromatic nitrogens is 1. The van der Waals surface area contributed by atoms with Crippen molar-refractivity contribution >= 4 is 23.1 Å². The molecule has 0 radical (unpaired) electrons. The highest BCUT2D eigenvalue weighted by Crippen LogP contribution is 2.28. The van der Waals surface area contributed by atoms with Gasteiger partial charge in [0, 0.05) is 31.2 Å². The Balaban J connectivity index is 2.41. The van der Waals surface area contributed by atoms with Gasteiger partial charge in [0.2, 0.25) is 0 Å². The molecule has 21 heavy (non-hydrogen) atoms. The fourth-order valence-corrected chi connectivity index (χ4v) is 2.42. The first-order valence-electron chi connectivity index (χ1n) is 6.57. The van der Waals surface area contributed by atoms with Crippen LogP contribution in [0.5, 0.6) is 0 Å². The molecule has 2 rings (SSSR count). The summed E-state index contributed by atoms with van der Waals surface area (Å²) < 4.78 is 0. The first kappa shape index (κ1) is 15.1. The van der Waals surface area contributed by atoms with E-state index in [0.717, 1.165) is 17.8 Å². The van der Waals surface area contributed by atoms with E-state index in [-0.39, 0.29) is 5.84 Å². The Labute approximate surface area is 128 Å². The molecule has 0 saturated heterocycles. The van der Waals surface area contributed by atoms with Crippen molar-refractivity contribution in [3.63, 3.8) is 0 Å². The number of benzene rings is 1. The summed E-state index contributed by atoms with van der Waals surface area (Å²) in [4.78, 5) is 6.12. The third kappa shape index (κ3) is 3.44. The molecule has 1 aromatic carbocycles. The van der Waals surface area contributed by atoms with Crippen LogP contribution >= 0.6 is 11.6 Å². The predicted molar refractivity (Wildman–Crippen MR) is 84.9 cm³/mol. The number of hydrogen-bond donors (Lipinski definition) is 2. The lowest BCUT2D eigenvalue weighted by Gasteiger charge is -2.26. The smallest absolute Gasteiger partial charge is 0.173 e. The SMILES string of the molecule is CCN(Cc1ccncc1)c1cccc(Cl)c1C(N)=NO. The molecule has 3 N–H and O–H groups in total. The summed E-state index contributed by atoms with van der Waals surface area (Å²) in [5.41, 5.74) is 8.25. The quantitative estimate of drug-likeness (QED) is 0.385. The number of halogens is 1. The van der Waals surface area contributed by atoms with Gasteiger partial charge in [0.1, 0.15) is 0 Å². The topological polar surface area (TPSA) is 74.7 Å². The van der Waals surface area contributed by atoms with Crippen molar-refractivity contribution in [2.45, 2.75) is 13.5 Å². The molecule has 0 aliphatic carbocycles. The number of nitrogens with two attached hydrogens (primary N) is 1. The van der Waals surface area contributed by atoms with Crippen LogP contribution in [0.25, 0.3) is 0 Å². The number of anilines is 1. The van der Waals surface area contributed by atoms with Gasteiger partial charge in [0.25, 0.3) is 0 Å². The van der Waals surface area contributed by atoms with Crippen LogP contribution in [0.4, 0.5) is 5.69 Å². The molecule has 0 amide bonds. The van der Waals surface area contributed by atoms with Gasteiger partial charge in [-0.15, -0.1) is 0 Å². The molecule has 5 nitrogen and oxygen atoms in total. The predicted octanol–water partition coefficient (Wildman–Crippen LogP) is 2.86. The molecule has 6 heteroatoms. The first-order chi connectivity index (χ1) is 10.2. The highest BCUT2D eigenvalue weighted by atomic mass is 35.5. The Bertz CT molecular complexity index is 631. The van der Waals surface area contributed by atoms with Crippen LogP contribution in [0.1, 0.15) is 18.1 Å². The maximum Gasteiger partial charge on any atom is 0.173 e. The van der Waals surface area contributed by atoms with Crippen molar-refractivity contribution in [2.75, 3.05) is 11.4 Å². The summed E-state index contributed by atoms with van der Waals surface area (Å²) >= 11 is 6.20. The van der Waals surface area contributed by atoms with Gasteiger partial charge in [-0.25, -0.2) is 0 Å². The molecule has 0 spiro atoms. The van der Waals surface area contributed by atoms with Gasteiger partial charge in [-0.1, -0.05) is 22.8 Å². The molecule has 0 saturated carbocycles. The zero-order valence-electron chi connectivity index (χ0n) is 11.7. The molecular formula is C15H17ClN4O. The van der Waals surface area contributed by atoms with Gasteiger partial charge >= 0.3 is 0 Å². The summed E-state index contributed by atoms with van der Waals surface area (Å²) in [5, 5.41) is 12.5. The van der Waals surface area contributed by atoms with Crippen LogP contribution in [0.2, 0.25) is 5.02 Å². The van der Waals surface area contributed by atoms with Crippen molar-refractivity contribution in [1.82, 2.24) is 4.98 Å². The molecule has 110 valence electrons. The fraction of sp³-hybridized carbons (Fsp3) is 0.200. The summed E-state index contributed by atoms with van der Waals surface area (Å²) in [6, 6.07) is 9.39. The van der Waals surface area contributed by atoms with E-state index in [4.69, 9.17) is 22.5 Å². The largest absolute Gasteiger partial charge is 0.409 e. The van der Waals surface area contributed by atoms with E-state index in [1.807, 2.05) is 31.2 Å². The van der Waals surface area contributed by atoms with E-state index in [1.54, 1.807) is 18.5 Å². The Morgan fingerprint density at radius 1 is 1.33 bits per heavy atom. The highest BCUT2D eigenvalue weighted by molar-refractivity contribution is 6.34. The lowest BCUT2D eigenvalue weighted by Crippen LogP contribution is -2.26. The lowest BCUT2D eigenvalue weighted by molar-refractivity contribution is 0.318. The molecule has 0 fully saturated rings. The number of rotatable bonds is 5. The van der Waals surface area contributed by atoms with Crippen molar-refractivity contribution < 1.29 is 5.21 Å². The zero-order chi connectivity index (χ0) is 15.2.